The summed E-state index contributed by atoms with van der Waals surface area (Å²) in [6.45, 7) is 5.22. The Morgan fingerprint density at radius 1 is 0.955 bits per heavy atom. The van der Waals surface area contributed by atoms with E-state index in [1.54, 1.807) is 0 Å². The van der Waals surface area contributed by atoms with Gasteiger partial charge in [-0.15, -0.1) is 0 Å². The van der Waals surface area contributed by atoms with E-state index in [0.717, 1.165) is 25.7 Å². The third-order valence-corrected chi connectivity index (χ3v) is 3.37. The summed E-state index contributed by atoms with van der Waals surface area (Å²) in [5, 5.41) is 17.9. The van der Waals surface area contributed by atoms with E-state index in [-0.39, 0.29) is 12.8 Å². The molecule has 0 aromatic rings. The molecular weight excluding hydrogens is 288 g/mol. The molecule has 1 unspecified atom stereocenters. The summed E-state index contributed by atoms with van der Waals surface area (Å²) in [5.74, 6) is -2.46. The second kappa shape index (κ2) is 13.5. The number of aliphatic carboxylic acids is 2. The minimum atomic E-state index is -0.923. The molecule has 0 aromatic heterocycles. The summed E-state index contributed by atoms with van der Waals surface area (Å²) in [5.41, 5.74) is 0. The van der Waals surface area contributed by atoms with Crippen molar-refractivity contribution in [2.45, 2.75) is 71.5 Å². The molecule has 6 nitrogen and oxygen atoms in total. The zero-order valence-electron chi connectivity index (χ0n) is 13.8. The van der Waals surface area contributed by atoms with E-state index in [0.29, 0.717) is 26.1 Å². The number of hydrogen-bond donors (Lipinski definition) is 2. The minimum absolute atomic E-state index is 0.0121. The van der Waals surface area contributed by atoms with Crippen molar-refractivity contribution in [1.82, 2.24) is 0 Å². The number of carboxylic acid groups (broad SMARTS) is 2. The molecule has 0 radical (unpaired) electrons. The van der Waals surface area contributed by atoms with Crippen LogP contribution in [0.25, 0.3) is 0 Å². The van der Waals surface area contributed by atoms with Crippen molar-refractivity contribution in [3.8, 4) is 0 Å². The Hall–Kier alpha value is -1.14. The number of hydrogen-bond acceptors (Lipinski definition) is 4. The Morgan fingerprint density at radius 3 is 1.91 bits per heavy atom. The molecule has 0 saturated carbocycles. The highest BCUT2D eigenvalue weighted by Gasteiger charge is 2.23. The lowest BCUT2D eigenvalue weighted by Crippen LogP contribution is -2.26. The molecule has 1 atom stereocenters. The number of unbranched alkanes of at least 4 members (excludes halogenated alkanes) is 2. The van der Waals surface area contributed by atoms with Crippen molar-refractivity contribution in [2.24, 2.45) is 5.92 Å². The van der Waals surface area contributed by atoms with Crippen LogP contribution in [0, 0.1) is 5.92 Å². The van der Waals surface area contributed by atoms with E-state index < -0.39 is 24.1 Å². The molecule has 0 heterocycles. The fraction of sp³-hybridized carbons (Fsp3) is 0.875. The fourth-order valence-electron chi connectivity index (χ4n) is 1.98. The molecule has 0 rings (SSSR count). The lowest BCUT2D eigenvalue weighted by Gasteiger charge is -2.22. The molecule has 0 fully saturated rings. The van der Waals surface area contributed by atoms with E-state index in [2.05, 4.69) is 13.8 Å². The normalized spacial score (nSPS) is 12.5. The van der Waals surface area contributed by atoms with Crippen LogP contribution in [-0.2, 0) is 19.1 Å². The maximum Gasteiger partial charge on any atom is 0.306 e. The Kier molecular flexibility index (Phi) is 12.8. The lowest BCUT2D eigenvalue weighted by atomic mass is 9.98. The van der Waals surface area contributed by atoms with E-state index in [1.807, 2.05) is 0 Å². The van der Waals surface area contributed by atoms with Crippen LogP contribution >= 0.6 is 0 Å². The highest BCUT2D eigenvalue weighted by Crippen LogP contribution is 2.19. The van der Waals surface area contributed by atoms with Crippen LogP contribution in [0.3, 0.4) is 0 Å². The zero-order valence-corrected chi connectivity index (χ0v) is 13.8. The topological polar surface area (TPSA) is 93.1 Å². The molecule has 0 spiro atoms. The number of carbonyl (C=O) groups is 2. The Morgan fingerprint density at radius 2 is 1.50 bits per heavy atom. The molecule has 0 saturated heterocycles. The summed E-state index contributed by atoms with van der Waals surface area (Å²) >= 11 is 0. The van der Waals surface area contributed by atoms with Crippen LogP contribution in [0.5, 0.6) is 0 Å². The van der Waals surface area contributed by atoms with Crippen molar-refractivity contribution in [2.75, 3.05) is 13.2 Å². The van der Waals surface area contributed by atoms with Crippen LogP contribution in [0.1, 0.15) is 65.2 Å². The number of carboxylic acids is 2. The largest absolute Gasteiger partial charge is 0.481 e. The monoisotopic (exact) mass is 318 g/mol. The van der Waals surface area contributed by atoms with Crippen molar-refractivity contribution in [3.05, 3.63) is 0 Å². The lowest BCUT2D eigenvalue weighted by molar-refractivity contribution is -0.165. The molecule has 0 bridgehead atoms. The minimum Gasteiger partial charge on any atom is -0.481 e. The zero-order chi connectivity index (χ0) is 16.8. The second-order valence-corrected chi connectivity index (χ2v) is 5.44. The highest BCUT2D eigenvalue weighted by molar-refractivity contribution is 5.70. The van der Waals surface area contributed by atoms with Gasteiger partial charge in [-0.25, -0.2) is 0 Å². The van der Waals surface area contributed by atoms with Crippen LogP contribution in [0.4, 0.5) is 0 Å². The summed E-state index contributed by atoms with van der Waals surface area (Å²) in [6.07, 6.45) is 4.23. The van der Waals surface area contributed by atoms with Gasteiger partial charge in [0.05, 0.1) is 5.92 Å². The van der Waals surface area contributed by atoms with E-state index in [1.165, 1.54) is 0 Å². The average molecular weight is 318 g/mol. The first kappa shape index (κ1) is 20.9. The van der Waals surface area contributed by atoms with Gasteiger partial charge in [-0.3, -0.25) is 9.59 Å². The summed E-state index contributed by atoms with van der Waals surface area (Å²) in [4.78, 5) is 21.8. The predicted octanol–water partition coefficient (Wildman–Crippen LogP) is 3.29. The van der Waals surface area contributed by atoms with Crippen molar-refractivity contribution < 1.29 is 29.3 Å². The van der Waals surface area contributed by atoms with Gasteiger partial charge in [0.25, 0.3) is 0 Å². The van der Waals surface area contributed by atoms with E-state index in [4.69, 9.17) is 14.6 Å². The van der Waals surface area contributed by atoms with Crippen LogP contribution < -0.4 is 0 Å². The van der Waals surface area contributed by atoms with Crippen LogP contribution in [-0.4, -0.2) is 41.7 Å². The maximum atomic E-state index is 11.3. The first-order valence-electron chi connectivity index (χ1n) is 8.19. The molecule has 0 aliphatic rings. The van der Waals surface area contributed by atoms with Gasteiger partial charge in [-0.2, -0.15) is 0 Å². The molecule has 130 valence electrons. The van der Waals surface area contributed by atoms with Gasteiger partial charge in [0.2, 0.25) is 0 Å². The third-order valence-electron chi connectivity index (χ3n) is 3.37. The molecule has 0 aromatic carbocycles. The van der Waals surface area contributed by atoms with Crippen LogP contribution in [0.15, 0.2) is 0 Å². The predicted molar refractivity (Wildman–Crippen MR) is 82.7 cm³/mol. The summed E-state index contributed by atoms with van der Waals surface area (Å²) in [6, 6.07) is 0. The van der Waals surface area contributed by atoms with E-state index >= 15 is 0 Å². The van der Waals surface area contributed by atoms with Gasteiger partial charge < -0.3 is 19.7 Å². The van der Waals surface area contributed by atoms with Gasteiger partial charge >= 0.3 is 11.9 Å². The number of rotatable bonds is 15. The van der Waals surface area contributed by atoms with Gasteiger partial charge in [0, 0.05) is 26.1 Å². The van der Waals surface area contributed by atoms with Gasteiger partial charge in [0.15, 0.2) is 6.29 Å². The quantitative estimate of drug-likeness (QED) is 0.355. The maximum absolute atomic E-state index is 11.3. The smallest absolute Gasteiger partial charge is 0.306 e. The molecular formula is C16H30O6. The van der Waals surface area contributed by atoms with Gasteiger partial charge in [-0.05, 0) is 25.7 Å². The molecule has 0 aliphatic carbocycles. The van der Waals surface area contributed by atoms with Crippen molar-refractivity contribution in [1.29, 1.82) is 0 Å². The molecule has 6 heteroatoms. The third kappa shape index (κ3) is 11.5. The molecule has 2 N–H and O–H groups in total. The second-order valence-electron chi connectivity index (χ2n) is 5.44. The van der Waals surface area contributed by atoms with Crippen molar-refractivity contribution >= 4 is 11.9 Å². The van der Waals surface area contributed by atoms with Crippen molar-refractivity contribution in [3.63, 3.8) is 0 Å². The first-order valence-corrected chi connectivity index (χ1v) is 8.19. The highest BCUT2D eigenvalue weighted by atomic mass is 16.7. The Balaban J connectivity index is 4.37. The van der Waals surface area contributed by atoms with E-state index in [9.17, 15) is 14.7 Å². The Bertz CT molecular complexity index is 295. The average Bonchev–Trinajstić information content (AvgIpc) is 2.45. The number of ether oxygens (including phenoxy) is 2. The Labute approximate surface area is 132 Å². The molecule has 0 amide bonds. The first-order chi connectivity index (χ1) is 10.5. The summed E-state index contributed by atoms with van der Waals surface area (Å²) < 4.78 is 11.3. The SMILES string of the molecule is CCCCOC(CC(CCCC(=O)O)C(=O)O)OCCCC. The van der Waals surface area contributed by atoms with Gasteiger partial charge in [-0.1, -0.05) is 26.7 Å². The molecule has 0 aliphatic heterocycles. The summed E-state index contributed by atoms with van der Waals surface area (Å²) in [7, 11) is 0. The standard InChI is InChI=1S/C16H30O6/c1-3-5-10-21-15(22-11-6-4-2)12-13(16(19)20)8-7-9-14(17)18/h13,15H,3-12H2,1-2H3,(H,17,18)(H,19,20). The van der Waals surface area contributed by atoms with Gasteiger partial charge in [0.1, 0.15) is 0 Å². The fourth-order valence-corrected chi connectivity index (χ4v) is 1.98. The molecule has 22 heavy (non-hydrogen) atoms. The van der Waals surface area contributed by atoms with Crippen LogP contribution in [0.2, 0.25) is 0 Å².